The fourth-order valence-corrected chi connectivity index (χ4v) is 3.07. The lowest BCUT2D eigenvalue weighted by atomic mass is 10.1. The van der Waals surface area contributed by atoms with Crippen molar-refractivity contribution >= 4 is 17.2 Å². The predicted octanol–water partition coefficient (Wildman–Crippen LogP) is 3.71. The molecule has 0 aliphatic carbocycles. The molecule has 4 nitrogen and oxygen atoms in total. The molecule has 2 heterocycles. The maximum absolute atomic E-state index is 12.4. The fourth-order valence-electron chi connectivity index (χ4n) is 2.45. The third kappa shape index (κ3) is 4.06. The summed E-state index contributed by atoms with van der Waals surface area (Å²) in [5, 5.41) is 3.11. The molecule has 1 aromatic carbocycles. The average molecular weight is 337 g/mol. The van der Waals surface area contributed by atoms with Gasteiger partial charge in [-0.2, -0.15) is 0 Å². The van der Waals surface area contributed by atoms with Gasteiger partial charge >= 0.3 is 0 Å². The van der Waals surface area contributed by atoms with Crippen LogP contribution in [0.2, 0.25) is 0 Å². The van der Waals surface area contributed by atoms with Crippen molar-refractivity contribution in [3.05, 3.63) is 70.3 Å². The van der Waals surface area contributed by atoms with Crippen LogP contribution in [0.15, 0.2) is 54.2 Å². The van der Waals surface area contributed by atoms with Gasteiger partial charge in [-0.1, -0.05) is 30.3 Å². The Balaban J connectivity index is 1.62. The normalized spacial score (nSPS) is 10.6. The summed E-state index contributed by atoms with van der Waals surface area (Å²) in [6.07, 6.45) is 3.91. The SMILES string of the molecule is Cc1nc(-c2ccc(CC(=O)N(C)Cc3cccnc3)cc2)cs1. The van der Waals surface area contributed by atoms with E-state index in [0.29, 0.717) is 13.0 Å². The van der Waals surface area contributed by atoms with E-state index < -0.39 is 0 Å². The van der Waals surface area contributed by atoms with E-state index in [9.17, 15) is 4.79 Å². The van der Waals surface area contributed by atoms with Crippen LogP contribution in [0, 0.1) is 6.92 Å². The number of likely N-dealkylation sites (N-methyl/N-ethyl adjacent to an activating group) is 1. The molecule has 0 atom stereocenters. The minimum absolute atomic E-state index is 0.0936. The second-order valence-electron chi connectivity index (χ2n) is 5.74. The van der Waals surface area contributed by atoms with Gasteiger partial charge in [0.15, 0.2) is 0 Å². The zero-order valence-electron chi connectivity index (χ0n) is 13.8. The second kappa shape index (κ2) is 7.36. The number of thiazole rings is 1. The highest BCUT2D eigenvalue weighted by Gasteiger charge is 2.11. The van der Waals surface area contributed by atoms with Crippen LogP contribution >= 0.6 is 11.3 Å². The van der Waals surface area contributed by atoms with Crippen LogP contribution < -0.4 is 0 Å². The third-order valence-corrected chi connectivity index (χ3v) is 4.57. The minimum atomic E-state index is 0.0936. The average Bonchev–Trinajstić information content (AvgIpc) is 3.03. The molecule has 0 N–H and O–H groups in total. The van der Waals surface area contributed by atoms with Gasteiger partial charge in [-0.05, 0) is 24.1 Å². The summed E-state index contributed by atoms with van der Waals surface area (Å²) in [4.78, 5) is 22.7. The standard InChI is InChI=1S/C19H19N3OS/c1-14-21-18(13-24-14)17-7-5-15(6-8-17)10-19(23)22(2)12-16-4-3-9-20-11-16/h3-9,11,13H,10,12H2,1-2H3. The van der Waals surface area contributed by atoms with Gasteiger partial charge in [0.1, 0.15) is 0 Å². The van der Waals surface area contributed by atoms with Crippen molar-refractivity contribution in [2.24, 2.45) is 0 Å². The molecular weight excluding hydrogens is 318 g/mol. The number of pyridine rings is 1. The number of hydrogen-bond donors (Lipinski definition) is 0. The van der Waals surface area contributed by atoms with Crippen molar-refractivity contribution in [2.45, 2.75) is 19.9 Å². The lowest BCUT2D eigenvalue weighted by Crippen LogP contribution is -2.27. The lowest BCUT2D eigenvalue weighted by molar-refractivity contribution is -0.129. The largest absolute Gasteiger partial charge is 0.341 e. The Hall–Kier alpha value is -2.53. The molecule has 5 heteroatoms. The number of hydrogen-bond acceptors (Lipinski definition) is 4. The molecule has 0 unspecified atom stereocenters. The number of aryl methyl sites for hydroxylation is 1. The highest BCUT2D eigenvalue weighted by Crippen LogP contribution is 2.22. The molecule has 0 aliphatic rings. The Morgan fingerprint density at radius 3 is 2.58 bits per heavy atom. The van der Waals surface area contributed by atoms with E-state index in [0.717, 1.165) is 27.4 Å². The van der Waals surface area contributed by atoms with Crippen molar-refractivity contribution in [1.29, 1.82) is 0 Å². The molecule has 0 aliphatic heterocycles. The highest BCUT2D eigenvalue weighted by molar-refractivity contribution is 7.09. The van der Waals surface area contributed by atoms with Crippen LogP contribution in [0.4, 0.5) is 0 Å². The van der Waals surface area contributed by atoms with Gasteiger partial charge < -0.3 is 4.90 Å². The number of carbonyl (C=O) groups excluding carboxylic acids is 1. The Kier molecular flexibility index (Phi) is 5.01. The summed E-state index contributed by atoms with van der Waals surface area (Å²) < 4.78 is 0. The topological polar surface area (TPSA) is 46.1 Å². The Morgan fingerprint density at radius 1 is 1.17 bits per heavy atom. The van der Waals surface area contributed by atoms with E-state index in [2.05, 4.69) is 15.3 Å². The molecule has 1 amide bonds. The first-order valence-corrected chi connectivity index (χ1v) is 8.64. The number of carbonyl (C=O) groups is 1. The summed E-state index contributed by atoms with van der Waals surface area (Å²) in [5.74, 6) is 0.0936. The zero-order valence-corrected chi connectivity index (χ0v) is 14.6. The minimum Gasteiger partial charge on any atom is -0.341 e. The van der Waals surface area contributed by atoms with Crippen molar-refractivity contribution < 1.29 is 4.79 Å². The van der Waals surface area contributed by atoms with Crippen LogP contribution in [0.3, 0.4) is 0 Å². The number of aromatic nitrogens is 2. The first kappa shape index (κ1) is 16.3. The maximum Gasteiger partial charge on any atom is 0.227 e. The molecule has 122 valence electrons. The van der Waals surface area contributed by atoms with Crippen LogP contribution in [0.25, 0.3) is 11.3 Å². The smallest absolute Gasteiger partial charge is 0.227 e. The zero-order chi connectivity index (χ0) is 16.9. The molecule has 0 saturated heterocycles. The van der Waals surface area contributed by atoms with Crippen LogP contribution in [-0.4, -0.2) is 27.8 Å². The first-order chi connectivity index (χ1) is 11.6. The van der Waals surface area contributed by atoms with Crippen molar-refractivity contribution in [3.63, 3.8) is 0 Å². The Labute approximate surface area is 145 Å². The molecule has 3 rings (SSSR count). The van der Waals surface area contributed by atoms with Crippen molar-refractivity contribution in [1.82, 2.24) is 14.9 Å². The van der Waals surface area contributed by atoms with Gasteiger partial charge in [-0.3, -0.25) is 9.78 Å². The molecule has 2 aromatic heterocycles. The first-order valence-electron chi connectivity index (χ1n) is 7.76. The quantitative estimate of drug-likeness (QED) is 0.713. The molecule has 0 bridgehead atoms. The fraction of sp³-hybridized carbons (Fsp3) is 0.211. The maximum atomic E-state index is 12.4. The van der Waals surface area contributed by atoms with Crippen LogP contribution in [0.1, 0.15) is 16.1 Å². The van der Waals surface area contributed by atoms with Crippen molar-refractivity contribution in [2.75, 3.05) is 7.05 Å². The van der Waals surface area contributed by atoms with Crippen molar-refractivity contribution in [3.8, 4) is 11.3 Å². The van der Waals surface area contributed by atoms with E-state index in [1.54, 1.807) is 28.6 Å². The van der Waals surface area contributed by atoms with Crippen LogP contribution in [-0.2, 0) is 17.8 Å². The Morgan fingerprint density at radius 2 is 1.96 bits per heavy atom. The second-order valence-corrected chi connectivity index (χ2v) is 6.80. The van der Waals surface area contributed by atoms with Gasteiger partial charge in [-0.15, -0.1) is 11.3 Å². The Bertz CT molecular complexity index is 812. The van der Waals surface area contributed by atoms with E-state index in [4.69, 9.17) is 0 Å². The van der Waals surface area contributed by atoms with E-state index in [1.165, 1.54) is 0 Å². The highest BCUT2D eigenvalue weighted by atomic mass is 32.1. The van der Waals surface area contributed by atoms with Crippen LogP contribution in [0.5, 0.6) is 0 Å². The monoisotopic (exact) mass is 337 g/mol. The van der Waals surface area contributed by atoms with Gasteiger partial charge in [0.05, 0.1) is 17.1 Å². The molecule has 0 spiro atoms. The molecule has 0 saturated carbocycles. The summed E-state index contributed by atoms with van der Waals surface area (Å²) in [6, 6.07) is 11.9. The third-order valence-electron chi connectivity index (χ3n) is 3.79. The number of amides is 1. The van der Waals surface area contributed by atoms with E-state index >= 15 is 0 Å². The van der Waals surface area contributed by atoms with E-state index in [1.807, 2.05) is 50.4 Å². The molecule has 3 aromatic rings. The lowest BCUT2D eigenvalue weighted by Gasteiger charge is -2.17. The number of rotatable bonds is 5. The molecular formula is C19H19N3OS. The molecule has 0 radical (unpaired) electrons. The summed E-state index contributed by atoms with van der Waals surface area (Å²) in [7, 11) is 1.82. The predicted molar refractivity (Wildman–Crippen MR) is 96.7 cm³/mol. The van der Waals surface area contributed by atoms with Gasteiger partial charge in [0.25, 0.3) is 0 Å². The number of benzene rings is 1. The summed E-state index contributed by atoms with van der Waals surface area (Å²) in [6.45, 7) is 2.57. The molecule has 0 fully saturated rings. The molecule has 24 heavy (non-hydrogen) atoms. The summed E-state index contributed by atoms with van der Waals surface area (Å²) >= 11 is 1.64. The van der Waals surface area contributed by atoms with E-state index in [-0.39, 0.29) is 5.91 Å². The van der Waals surface area contributed by atoms with Gasteiger partial charge in [0, 0.05) is 36.9 Å². The number of nitrogens with zero attached hydrogens (tertiary/aromatic N) is 3. The van der Waals surface area contributed by atoms with Gasteiger partial charge in [-0.25, -0.2) is 4.98 Å². The van der Waals surface area contributed by atoms with Gasteiger partial charge in [0.2, 0.25) is 5.91 Å². The summed E-state index contributed by atoms with van der Waals surface area (Å²) in [5.41, 5.74) is 4.11.